The average Bonchev–Trinajstić information content (AvgIpc) is 3.37. The van der Waals surface area contributed by atoms with Gasteiger partial charge >= 0.3 is 0 Å². The van der Waals surface area contributed by atoms with Gasteiger partial charge in [0, 0.05) is 29.1 Å². The van der Waals surface area contributed by atoms with Gasteiger partial charge in [0.2, 0.25) is 0 Å². The summed E-state index contributed by atoms with van der Waals surface area (Å²) in [5.74, 6) is 0. The highest BCUT2D eigenvalue weighted by Gasteiger charge is 2.14. The van der Waals surface area contributed by atoms with Crippen molar-refractivity contribution in [3.63, 3.8) is 0 Å². The number of fused-ring (bicyclic) bond motifs is 1. The summed E-state index contributed by atoms with van der Waals surface area (Å²) in [4.78, 5) is 8.99. The van der Waals surface area contributed by atoms with E-state index in [9.17, 15) is 0 Å². The molecule has 5 nitrogen and oxygen atoms in total. The van der Waals surface area contributed by atoms with Crippen molar-refractivity contribution in [1.82, 2.24) is 24.6 Å². The molecule has 4 aromatic heterocycles. The van der Waals surface area contributed by atoms with E-state index in [1.807, 2.05) is 36.7 Å². The number of hydrogen-bond acceptors (Lipinski definition) is 3. The molecule has 28 heavy (non-hydrogen) atoms. The monoisotopic (exact) mass is 365 g/mol. The summed E-state index contributed by atoms with van der Waals surface area (Å²) in [6.07, 6.45) is 7.65. The smallest absolute Gasteiger partial charge is 0.137 e. The van der Waals surface area contributed by atoms with Crippen LogP contribution < -0.4 is 0 Å². The SMILES string of the molecule is Cc1cccc(-c2[nH]ncc2-c2ccc3ncc(-c4ccccn4)n3c2)c1C. The lowest BCUT2D eigenvalue weighted by Crippen LogP contribution is -1.93. The lowest BCUT2D eigenvalue weighted by molar-refractivity contribution is 1.09. The molecule has 4 heterocycles. The van der Waals surface area contributed by atoms with Gasteiger partial charge in [0.15, 0.2) is 0 Å². The van der Waals surface area contributed by atoms with Crippen LogP contribution in [0.2, 0.25) is 0 Å². The predicted molar refractivity (Wildman–Crippen MR) is 111 cm³/mol. The van der Waals surface area contributed by atoms with E-state index in [1.165, 1.54) is 16.7 Å². The van der Waals surface area contributed by atoms with Gasteiger partial charge in [0.1, 0.15) is 5.65 Å². The van der Waals surface area contributed by atoms with Crippen molar-refractivity contribution >= 4 is 5.65 Å². The molecule has 5 aromatic rings. The second kappa shape index (κ2) is 6.46. The highest BCUT2D eigenvalue weighted by molar-refractivity contribution is 5.82. The molecule has 0 fully saturated rings. The number of imidazole rings is 1. The number of H-pyrrole nitrogens is 1. The minimum Gasteiger partial charge on any atom is -0.298 e. The summed E-state index contributed by atoms with van der Waals surface area (Å²) in [5.41, 5.74) is 9.61. The third kappa shape index (κ3) is 2.60. The van der Waals surface area contributed by atoms with Gasteiger partial charge in [0.25, 0.3) is 0 Å². The van der Waals surface area contributed by atoms with Crippen LogP contribution in [0.3, 0.4) is 0 Å². The number of aromatic amines is 1. The van der Waals surface area contributed by atoms with Crippen LogP contribution in [0.15, 0.2) is 73.3 Å². The standard InChI is InChI=1S/C23H19N5/c1-15-6-5-7-18(16(15)2)23-19(12-26-27-23)17-9-10-22-25-13-21(28(22)14-17)20-8-3-4-11-24-20/h3-14H,1-2H3,(H,26,27). The second-order valence-electron chi connectivity index (χ2n) is 6.91. The molecule has 0 saturated heterocycles. The van der Waals surface area contributed by atoms with Crippen molar-refractivity contribution in [2.24, 2.45) is 0 Å². The maximum Gasteiger partial charge on any atom is 0.137 e. The number of nitrogens with one attached hydrogen (secondary N) is 1. The summed E-state index contributed by atoms with van der Waals surface area (Å²) in [7, 11) is 0. The summed E-state index contributed by atoms with van der Waals surface area (Å²) in [6.45, 7) is 4.28. The molecule has 0 aliphatic carbocycles. The van der Waals surface area contributed by atoms with Crippen molar-refractivity contribution in [1.29, 1.82) is 0 Å². The quantitative estimate of drug-likeness (QED) is 0.485. The fraction of sp³-hybridized carbons (Fsp3) is 0.0870. The first-order valence-corrected chi connectivity index (χ1v) is 9.21. The number of pyridine rings is 2. The highest BCUT2D eigenvalue weighted by Crippen LogP contribution is 2.33. The summed E-state index contributed by atoms with van der Waals surface area (Å²) in [5, 5.41) is 7.52. The van der Waals surface area contributed by atoms with E-state index in [1.54, 1.807) is 6.20 Å². The topological polar surface area (TPSA) is 58.9 Å². The molecule has 0 saturated carbocycles. The van der Waals surface area contributed by atoms with E-state index >= 15 is 0 Å². The molecule has 1 aromatic carbocycles. The Morgan fingerprint density at radius 3 is 2.64 bits per heavy atom. The molecular formula is C23H19N5. The van der Waals surface area contributed by atoms with Crippen LogP contribution in [0, 0.1) is 13.8 Å². The van der Waals surface area contributed by atoms with E-state index in [0.717, 1.165) is 33.9 Å². The minimum atomic E-state index is 0.890. The first-order chi connectivity index (χ1) is 13.7. The molecule has 0 amide bonds. The normalized spacial score (nSPS) is 11.2. The van der Waals surface area contributed by atoms with E-state index < -0.39 is 0 Å². The molecule has 136 valence electrons. The first kappa shape index (κ1) is 16.4. The van der Waals surface area contributed by atoms with E-state index in [4.69, 9.17) is 0 Å². The third-order valence-electron chi connectivity index (χ3n) is 5.26. The number of hydrogen-bond donors (Lipinski definition) is 1. The van der Waals surface area contributed by atoms with Gasteiger partial charge in [-0.2, -0.15) is 5.10 Å². The molecule has 1 N–H and O–H groups in total. The van der Waals surface area contributed by atoms with Crippen molar-refractivity contribution in [2.75, 3.05) is 0 Å². The number of aromatic nitrogens is 5. The Balaban J connectivity index is 1.68. The zero-order valence-corrected chi connectivity index (χ0v) is 15.7. The van der Waals surface area contributed by atoms with Crippen molar-refractivity contribution in [3.05, 3.63) is 84.4 Å². The van der Waals surface area contributed by atoms with Gasteiger partial charge in [-0.05, 0) is 49.2 Å². The zero-order valence-electron chi connectivity index (χ0n) is 15.7. The Hall–Kier alpha value is -3.73. The molecule has 0 aliphatic heterocycles. The Bertz CT molecular complexity index is 1280. The molecule has 0 aliphatic rings. The van der Waals surface area contributed by atoms with Crippen LogP contribution in [0.5, 0.6) is 0 Å². The average molecular weight is 365 g/mol. The Kier molecular flexibility index (Phi) is 3.79. The second-order valence-corrected chi connectivity index (χ2v) is 6.91. The summed E-state index contributed by atoms with van der Waals surface area (Å²) in [6, 6.07) is 16.4. The van der Waals surface area contributed by atoms with Crippen molar-refractivity contribution in [2.45, 2.75) is 13.8 Å². The lowest BCUT2D eigenvalue weighted by Gasteiger charge is -2.10. The van der Waals surface area contributed by atoms with Gasteiger partial charge in [-0.15, -0.1) is 0 Å². The number of nitrogens with zero attached hydrogens (tertiary/aromatic N) is 4. The first-order valence-electron chi connectivity index (χ1n) is 9.21. The predicted octanol–water partition coefficient (Wildman–Crippen LogP) is 5.07. The van der Waals surface area contributed by atoms with Crippen molar-refractivity contribution in [3.8, 4) is 33.8 Å². The third-order valence-corrected chi connectivity index (χ3v) is 5.26. The molecule has 5 rings (SSSR count). The molecule has 0 spiro atoms. The molecule has 0 radical (unpaired) electrons. The Morgan fingerprint density at radius 2 is 1.79 bits per heavy atom. The largest absolute Gasteiger partial charge is 0.298 e. The summed E-state index contributed by atoms with van der Waals surface area (Å²) < 4.78 is 2.08. The van der Waals surface area contributed by atoms with Crippen LogP contribution in [0.25, 0.3) is 39.4 Å². The van der Waals surface area contributed by atoms with Crippen LogP contribution in [-0.4, -0.2) is 24.6 Å². The zero-order chi connectivity index (χ0) is 19.1. The molecular weight excluding hydrogens is 346 g/mol. The Morgan fingerprint density at radius 1 is 0.857 bits per heavy atom. The van der Waals surface area contributed by atoms with Gasteiger partial charge in [-0.1, -0.05) is 24.3 Å². The number of aryl methyl sites for hydroxylation is 1. The molecule has 0 unspecified atom stereocenters. The van der Waals surface area contributed by atoms with Gasteiger partial charge in [0.05, 0.1) is 29.5 Å². The number of rotatable bonds is 3. The van der Waals surface area contributed by atoms with Gasteiger partial charge < -0.3 is 0 Å². The van der Waals surface area contributed by atoms with Gasteiger partial charge in [-0.25, -0.2) is 4.98 Å². The maximum atomic E-state index is 4.52. The highest BCUT2D eigenvalue weighted by atomic mass is 15.1. The van der Waals surface area contributed by atoms with E-state index in [2.05, 4.69) is 68.9 Å². The van der Waals surface area contributed by atoms with Crippen LogP contribution in [-0.2, 0) is 0 Å². The summed E-state index contributed by atoms with van der Waals surface area (Å²) >= 11 is 0. The lowest BCUT2D eigenvalue weighted by atomic mass is 9.97. The van der Waals surface area contributed by atoms with Crippen LogP contribution >= 0.6 is 0 Å². The van der Waals surface area contributed by atoms with Crippen LogP contribution in [0.4, 0.5) is 0 Å². The van der Waals surface area contributed by atoms with Gasteiger partial charge in [-0.3, -0.25) is 14.5 Å². The van der Waals surface area contributed by atoms with Crippen molar-refractivity contribution < 1.29 is 0 Å². The number of benzene rings is 1. The molecule has 0 bridgehead atoms. The van der Waals surface area contributed by atoms with E-state index in [-0.39, 0.29) is 0 Å². The minimum absolute atomic E-state index is 0.890. The van der Waals surface area contributed by atoms with Crippen LogP contribution in [0.1, 0.15) is 11.1 Å². The fourth-order valence-electron chi connectivity index (χ4n) is 3.58. The maximum absolute atomic E-state index is 4.52. The van der Waals surface area contributed by atoms with E-state index in [0.29, 0.717) is 0 Å². The molecule has 5 heteroatoms. The molecule has 0 atom stereocenters. The fourth-order valence-corrected chi connectivity index (χ4v) is 3.58. The Labute approximate surface area is 162 Å².